The lowest BCUT2D eigenvalue weighted by molar-refractivity contribution is -0.152. The zero-order valence-corrected chi connectivity index (χ0v) is 35.8. The molecule has 0 saturated carbocycles. The molecule has 8 amide bonds. The molecule has 2 aromatic heterocycles. The number of aromatic nitrogens is 3. The van der Waals surface area contributed by atoms with Gasteiger partial charge in [0.1, 0.15) is 47.4 Å². The lowest BCUT2D eigenvalue weighted by Crippen LogP contribution is -2.87. The third kappa shape index (κ3) is 8.18. The van der Waals surface area contributed by atoms with E-state index in [1.165, 1.54) is 12.5 Å². The number of aromatic amines is 2. The zero-order valence-electron chi connectivity index (χ0n) is 35.8. The number of urea groups is 1. The normalized spacial score (nSPS) is 28.7. The second-order valence-electron chi connectivity index (χ2n) is 17.1. The monoisotopic (exact) mass is 904 g/mol. The predicted octanol–water partition coefficient (Wildman–Crippen LogP) is -1.91. The fourth-order valence-electron chi connectivity index (χ4n) is 10.2. The van der Waals surface area contributed by atoms with Crippen molar-refractivity contribution in [2.24, 2.45) is 11.5 Å². The summed E-state index contributed by atoms with van der Waals surface area (Å²) < 4.78 is 0. The zero-order chi connectivity index (χ0) is 46.8. The second-order valence-corrected chi connectivity index (χ2v) is 17.1. The summed E-state index contributed by atoms with van der Waals surface area (Å²) in [5, 5.41) is 29.0. The molecule has 4 aliphatic rings. The average molecular weight is 905 g/mol. The molecule has 8 atom stereocenters. The molecule has 4 fully saturated rings. The number of hydrogen-bond donors (Lipinski definition) is 12. The Hall–Kier alpha value is -7.62. The second kappa shape index (κ2) is 18.5. The van der Waals surface area contributed by atoms with Crippen molar-refractivity contribution in [3.05, 3.63) is 90.1 Å². The fourth-order valence-corrected chi connectivity index (χ4v) is 10.2. The maximum atomic E-state index is 16.0. The summed E-state index contributed by atoms with van der Waals surface area (Å²) in [7, 11) is 0. The number of nitrogens with zero attached hydrogens (tertiary/aromatic N) is 2. The number of H-pyrrole nitrogens is 2. The molecule has 2 unspecified atom stereocenters. The topological polar surface area (TPSA) is 344 Å². The first-order valence-electron chi connectivity index (χ1n) is 21.8. The third-order valence-electron chi connectivity index (χ3n) is 13.3. The molecule has 8 rings (SSSR count). The highest BCUT2D eigenvalue weighted by Crippen LogP contribution is 2.48. The number of imidazole rings is 1. The van der Waals surface area contributed by atoms with E-state index in [4.69, 9.17) is 16.9 Å². The first-order chi connectivity index (χ1) is 31.7. The number of primary amides is 1. The molecule has 0 aliphatic carbocycles. The number of para-hydroxylation sites is 1. The van der Waals surface area contributed by atoms with Crippen LogP contribution in [0.1, 0.15) is 55.3 Å². The number of carbonyl (C=O) groups is 8. The Morgan fingerprint density at radius 1 is 0.818 bits per heavy atom. The number of fused-ring (bicyclic) bond motifs is 6. The van der Waals surface area contributed by atoms with E-state index in [0.717, 1.165) is 15.8 Å². The number of nitrogens with two attached hydrogens (primary N) is 2. The largest absolute Gasteiger partial charge is 0.370 e. The smallest absolute Gasteiger partial charge is 0.325 e. The summed E-state index contributed by atoms with van der Waals surface area (Å²) >= 11 is 0. The van der Waals surface area contributed by atoms with Crippen molar-refractivity contribution in [1.29, 1.82) is 5.41 Å². The molecular formula is C44H52N14O8. The van der Waals surface area contributed by atoms with Crippen LogP contribution in [0, 0.1) is 5.41 Å². The SMILES string of the molecule is N=C(N)NCCC12NCCCC[C@@H](C(N)=O)NC(=O)[C@H](Cc3c[nH]c4ccccc34)NC(=O)[C@H]1NC(=O)[C@@H]1NC(=O)[C@H](Cc3cnc[nH]3)N3C(=O)N[C@@H](CCC(=O)C12c1ccccc1)C3=O. The molecule has 14 N–H and O–H groups in total. The van der Waals surface area contributed by atoms with Crippen LogP contribution in [0.5, 0.6) is 0 Å². The van der Waals surface area contributed by atoms with Gasteiger partial charge in [0.25, 0.3) is 5.91 Å². The number of Topliss-reactive ketones (excluding diaryl/α,β-unsaturated/α-hetero) is 1. The Morgan fingerprint density at radius 2 is 1.56 bits per heavy atom. The van der Waals surface area contributed by atoms with E-state index < -0.39 is 107 Å². The minimum atomic E-state index is -2.21. The van der Waals surface area contributed by atoms with Gasteiger partial charge in [0.2, 0.25) is 29.5 Å². The lowest BCUT2D eigenvalue weighted by Gasteiger charge is -2.59. The highest BCUT2D eigenvalue weighted by molar-refractivity contribution is 6.11. The van der Waals surface area contributed by atoms with Gasteiger partial charge in [-0.1, -0.05) is 48.5 Å². The molecule has 4 aliphatic heterocycles. The number of nitrogens with one attached hydrogen (secondary N) is 10. The number of rotatable bonds is 9. The average Bonchev–Trinajstić information content (AvgIpc) is 4.03. The summed E-state index contributed by atoms with van der Waals surface area (Å²) in [5.41, 5.74) is 9.49. The van der Waals surface area contributed by atoms with Crippen LogP contribution in [0.25, 0.3) is 10.9 Å². The van der Waals surface area contributed by atoms with E-state index in [-0.39, 0.29) is 50.8 Å². The summed E-state index contributed by atoms with van der Waals surface area (Å²) in [5.74, 6) is -6.18. The number of benzene rings is 2. The van der Waals surface area contributed by atoms with Crippen LogP contribution in [0.15, 0.2) is 73.3 Å². The van der Waals surface area contributed by atoms with Gasteiger partial charge in [0.05, 0.1) is 11.9 Å². The Morgan fingerprint density at radius 3 is 2.30 bits per heavy atom. The van der Waals surface area contributed by atoms with Crippen LogP contribution < -0.4 is 48.7 Å². The molecule has 4 aromatic rings. The van der Waals surface area contributed by atoms with Gasteiger partial charge in [-0.15, -0.1) is 0 Å². The van der Waals surface area contributed by atoms with Gasteiger partial charge in [-0.2, -0.15) is 0 Å². The highest BCUT2D eigenvalue weighted by Gasteiger charge is 2.71. The summed E-state index contributed by atoms with van der Waals surface area (Å²) in [6.45, 7) is -0.102. The van der Waals surface area contributed by atoms with Crippen LogP contribution in [0.4, 0.5) is 4.79 Å². The molecule has 6 heterocycles. The van der Waals surface area contributed by atoms with Crippen molar-refractivity contribution in [3.63, 3.8) is 0 Å². The predicted molar refractivity (Wildman–Crippen MR) is 236 cm³/mol. The van der Waals surface area contributed by atoms with Crippen LogP contribution in [-0.4, -0.2) is 128 Å². The number of guanidine groups is 1. The molecule has 2 aromatic carbocycles. The van der Waals surface area contributed by atoms with Crippen molar-refractivity contribution in [2.75, 3.05) is 13.1 Å². The molecule has 0 spiro atoms. The van der Waals surface area contributed by atoms with E-state index >= 15 is 14.4 Å². The number of piperidine rings is 1. The molecule has 22 nitrogen and oxygen atoms in total. The summed E-state index contributed by atoms with van der Waals surface area (Å²) in [6.07, 6.45) is 4.00. The lowest BCUT2D eigenvalue weighted by atomic mass is 9.51. The van der Waals surface area contributed by atoms with Gasteiger partial charge in [-0.05, 0) is 55.8 Å². The number of amides is 8. The Kier molecular flexibility index (Phi) is 12.6. The minimum absolute atomic E-state index is 0.0494. The Labute approximate surface area is 377 Å². The molecular weight excluding hydrogens is 853 g/mol. The Bertz CT molecular complexity index is 2570. The number of imide groups is 1. The van der Waals surface area contributed by atoms with E-state index in [0.29, 0.717) is 24.1 Å². The van der Waals surface area contributed by atoms with Gasteiger partial charge in [0.15, 0.2) is 5.96 Å². The maximum absolute atomic E-state index is 16.0. The first kappa shape index (κ1) is 45.0. The summed E-state index contributed by atoms with van der Waals surface area (Å²) in [6, 6.07) is 5.94. The van der Waals surface area contributed by atoms with Crippen molar-refractivity contribution >= 4 is 64.1 Å². The van der Waals surface area contributed by atoms with Gasteiger partial charge in [-0.3, -0.25) is 39.0 Å². The van der Waals surface area contributed by atoms with Crippen LogP contribution in [-0.2, 0) is 51.8 Å². The summed E-state index contributed by atoms with van der Waals surface area (Å²) in [4.78, 5) is 127. The van der Waals surface area contributed by atoms with E-state index in [1.807, 2.05) is 24.3 Å². The van der Waals surface area contributed by atoms with E-state index in [1.54, 1.807) is 36.5 Å². The molecule has 0 radical (unpaired) electrons. The van der Waals surface area contributed by atoms with Gasteiger partial charge < -0.3 is 58.7 Å². The molecule has 2 bridgehead atoms. The van der Waals surface area contributed by atoms with Crippen molar-refractivity contribution in [3.8, 4) is 0 Å². The third-order valence-corrected chi connectivity index (χ3v) is 13.3. The van der Waals surface area contributed by atoms with Crippen LogP contribution >= 0.6 is 0 Å². The number of carbonyl (C=O) groups excluding carboxylic acids is 8. The van der Waals surface area contributed by atoms with Crippen molar-refractivity contribution in [2.45, 2.75) is 98.6 Å². The van der Waals surface area contributed by atoms with Gasteiger partial charge >= 0.3 is 6.03 Å². The minimum Gasteiger partial charge on any atom is -0.370 e. The molecule has 4 saturated heterocycles. The molecule has 346 valence electrons. The molecule has 66 heavy (non-hydrogen) atoms. The van der Waals surface area contributed by atoms with Gasteiger partial charge in [0, 0.05) is 54.8 Å². The fraction of sp³-hybridized carbons (Fsp3) is 0.409. The highest BCUT2D eigenvalue weighted by atomic mass is 16.2. The quantitative estimate of drug-likeness (QED) is 0.0498. The molecule has 22 heteroatoms. The maximum Gasteiger partial charge on any atom is 0.325 e. The number of hydrogen-bond acceptors (Lipinski definition) is 11. The first-order valence-corrected chi connectivity index (χ1v) is 21.8. The van der Waals surface area contributed by atoms with E-state index in [2.05, 4.69) is 52.2 Å². The van der Waals surface area contributed by atoms with E-state index in [9.17, 15) is 24.0 Å². The Balaban J connectivity index is 1.32. The van der Waals surface area contributed by atoms with Crippen molar-refractivity contribution < 1.29 is 38.4 Å². The standard InChI is InChI=1S/C44H52N14O8/c45-35(60)28-12-6-7-16-52-43(15-17-49-41(46)47)33(38(63)54-30(36(61)53-28)18-23-20-50-27-11-5-4-10-26(23)27)56-39(64)34-44(43,24-8-2-1-3-9-24)32(59)14-13-29-40(65)58(42(66)55-29)31(37(62)57-34)19-25-21-48-22-51-25/h1-5,8-11,20-22,28-31,33-34,50,52H,6-7,12-19H2,(H2,45,60)(H,48,51)(H,53,61)(H,54,63)(H,55,66)(H,56,64)(H,57,62)(H4,46,47,49)/t28-,29-,30-,31-,33+,34-,43?,44?/m0/s1. The van der Waals surface area contributed by atoms with Crippen LogP contribution in [0.3, 0.4) is 0 Å². The van der Waals surface area contributed by atoms with Crippen molar-refractivity contribution in [1.82, 2.24) is 57.1 Å². The van der Waals surface area contributed by atoms with Gasteiger partial charge in [-0.25, -0.2) is 14.7 Å². The number of ketones is 1. The van der Waals surface area contributed by atoms with Crippen LogP contribution in [0.2, 0.25) is 0 Å².